The van der Waals surface area contributed by atoms with Gasteiger partial charge in [0.15, 0.2) is 0 Å². The third kappa shape index (κ3) is 19.4. The topological polar surface area (TPSA) is 245 Å². The van der Waals surface area contributed by atoms with E-state index >= 15 is 0 Å². The van der Waals surface area contributed by atoms with Gasteiger partial charge in [-0.05, 0) is 101 Å². The largest absolute Gasteiger partial charge is 0.459 e. The third-order valence-corrected chi connectivity index (χ3v) is 9.20. The molecule has 64 heavy (non-hydrogen) atoms. The molecule has 0 atom stereocenters. The van der Waals surface area contributed by atoms with Gasteiger partial charge in [-0.25, -0.2) is 23.5 Å². The fourth-order valence-electron chi connectivity index (χ4n) is 5.96. The zero-order valence-corrected chi connectivity index (χ0v) is 39.8. The molecule has 0 aliphatic heterocycles. The molecule has 3 aromatic rings. The molecule has 0 bridgehead atoms. The highest BCUT2D eigenvalue weighted by Gasteiger charge is 2.29. The molecule has 0 aliphatic rings. The quantitative estimate of drug-likeness (QED) is 0.134. The summed E-state index contributed by atoms with van der Waals surface area (Å²) in [6.45, 7) is 17.8. The van der Waals surface area contributed by atoms with Gasteiger partial charge in [0.05, 0.1) is 18.0 Å². The SMILES string of the molecule is CC(C)(C)OC(=O)CN(CC(=O)OC(C)(C)C)C(=O)Cn1ccnc1CN(Cc1ccc(S(N)(=O)=O)cc1)Cc1nccn1CC(=O)N(CC(=O)OC(C)(C)C)CC(=O)OC(C)(C)C. The van der Waals surface area contributed by atoms with Crippen LogP contribution in [0.5, 0.6) is 0 Å². The number of benzene rings is 1. The number of hydrogen-bond donors (Lipinski definition) is 1. The van der Waals surface area contributed by atoms with Crippen molar-refractivity contribution in [2.24, 2.45) is 5.14 Å². The van der Waals surface area contributed by atoms with E-state index in [0.29, 0.717) is 17.2 Å². The van der Waals surface area contributed by atoms with E-state index in [1.54, 1.807) is 117 Å². The van der Waals surface area contributed by atoms with Gasteiger partial charge in [0.1, 0.15) is 73.3 Å². The van der Waals surface area contributed by atoms with Gasteiger partial charge in [-0.3, -0.25) is 33.7 Å². The Balaban J connectivity index is 1.95. The first-order chi connectivity index (χ1) is 29.2. The number of rotatable bonds is 19. The van der Waals surface area contributed by atoms with Crippen LogP contribution in [0.2, 0.25) is 0 Å². The van der Waals surface area contributed by atoms with Gasteiger partial charge in [-0.2, -0.15) is 0 Å². The van der Waals surface area contributed by atoms with Crippen molar-refractivity contribution in [2.75, 3.05) is 26.2 Å². The van der Waals surface area contributed by atoms with Crippen molar-refractivity contribution < 1.29 is 56.1 Å². The third-order valence-electron chi connectivity index (χ3n) is 8.27. The minimum Gasteiger partial charge on any atom is -0.459 e. The fourth-order valence-corrected chi connectivity index (χ4v) is 6.47. The monoisotopic (exact) mass is 916 g/mol. The first-order valence-electron chi connectivity index (χ1n) is 20.5. The van der Waals surface area contributed by atoms with Crippen molar-refractivity contribution in [1.82, 2.24) is 33.8 Å². The summed E-state index contributed by atoms with van der Waals surface area (Å²) < 4.78 is 48.8. The Bertz CT molecular complexity index is 2050. The Kier molecular flexibility index (Phi) is 17.6. The molecular formula is C43H64N8O12S. The van der Waals surface area contributed by atoms with Gasteiger partial charge < -0.3 is 37.9 Å². The number of esters is 4. The van der Waals surface area contributed by atoms with Gasteiger partial charge in [-0.1, -0.05) is 12.1 Å². The highest BCUT2D eigenvalue weighted by molar-refractivity contribution is 7.89. The van der Waals surface area contributed by atoms with Crippen LogP contribution in [0.4, 0.5) is 0 Å². The van der Waals surface area contributed by atoms with E-state index in [1.165, 1.54) is 24.5 Å². The number of sulfonamides is 1. The molecule has 0 fully saturated rings. The molecule has 3 rings (SSSR count). The Hall–Kier alpha value is -5.67. The highest BCUT2D eigenvalue weighted by Crippen LogP contribution is 2.18. The summed E-state index contributed by atoms with van der Waals surface area (Å²) in [6.07, 6.45) is 6.10. The summed E-state index contributed by atoms with van der Waals surface area (Å²) >= 11 is 0. The van der Waals surface area contributed by atoms with E-state index in [0.717, 1.165) is 9.80 Å². The maximum absolute atomic E-state index is 13.9. The molecule has 2 amide bonds. The Morgan fingerprint density at radius 3 is 1.14 bits per heavy atom. The van der Waals surface area contributed by atoms with Crippen LogP contribution >= 0.6 is 0 Å². The van der Waals surface area contributed by atoms with Gasteiger partial charge >= 0.3 is 23.9 Å². The van der Waals surface area contributed by atoms with Crippen molar-refractivity contribution in [3.8, 4) is 0 Å². The molecule has 0 unspecified atom stereocenters. The van der Waals surface area contributed by atoms with E-state index in [1.807, 2.05) is 4.90 Å². The number of nitrogens with two attached hydrogens (primary N) is 1. The Morgan fingerprint density at radius 2 is 0.859 bits per heavy atom. The van der Waals surface area contributed by atoms with Crippen molar-refractivity contribution >= 4 is 45.7 Å². The minimum atomic E-state index is -3.97. The number of hydrogen-bond acceptors (Lipinski definition) is 15. The number of primary sulfonamides is 1. The van der Waals surface area contributed by atoms with Crippen LogP contribution in [0.25, 0.3) is 0 Å². The zero-order chi connectivity index (χ0) is 48.4. The first kappa shape index (κ1) is 52.7. The lowest BCUT2D eigenvalue weighted by molar-refractivity contribution is -0.165. The molecule has 0 spiro atoms. The maximum Gasteiger partial charge on any atom is 0.326 e. The number of nitrogens with zero attached hydrogens (tertiary/aromatic N) is 7. The van der Waals surface area contributed by atoms with Crippen LogP contribution in [-0.4, -0.2) is 126 Å². The first-order valence-corrected chi connectivity index (χ1v) is 22.1. The van der Waals surface area contributed by atoms with Crippen molar-refractivity contribution in [3.05, 3.63) is 66.3 Å². The van der Waals surface area contributed by atoms with E-state index in [2.05, 4.69) is 9.97 Å². The smallest absolute Gasteiger partial charge is 0.326 e. The van der Waals surface area contributed by atoms with E-state index in [9.17, 15) is 37.2 Å². The van der Waals surface area contributed by atoms with Gasteiger partial charge in [0.25, 0.3) is 0 Å². The van der Waals surface area contributed by atoms with E-state index in [4.69, 9.17) is 24.1 Å². The summed E-state index contributed by atoms with van der Waals surface area (Å²) in [7, 11) is -3.97. The van der Waals surface area contributed by atoms with Crippen molar-refractivity contribution in [3.63, 3.8) is 0 Å². The summed E-state index contributed by atoms with van der Waals surface area (Å²) in [5.41, 5.74) is -2.73. The molecule has 2 N–H and O–H groups in total. The van der Waals surface area contributed by atoms with Crippen LogP contribution in [0.3, 0.4) is 0 Å². The molecule has 0 saturated carbocycles. The second-order valence-corrected chi connectivity index (χ2v) is 20.7. The van der Waals surface area contributed by atoms with Crippen LogP contribution in [0.15, 0.2) is 53.9 Å². The van der Waals surface area contributed by atoms with Crippen LogP contribution in [0, 0.1) is 0 Å². The molecule has 2 heterocycles. The molecule has 21 heteroatoms. The summed E-state index contributed by atoms with van der Waals surface area (Å²) in [5, 5.41) is 5.33. The lowest BCUT2D eigenvalue weighted by atomic mass is 10.2. The predicted octanol–water partition coefficient (Wildman–Crippen LogP) is 2.95. The average molecular weight is 917 g/mol. The second kappa shape index (κ2) is 21.3. The van der Waals surface area contributed by atoms with E-state index in [-0.39, 0.29) is 37.6 Å². The standard InChI is InChI=1S/C43H64N8O12S/c1-40(2,3)60-36(54)26-50(27-37(55)61-41(4,5)6)34(52)24-48-19-17-45-32(48)22-47(21-30-13-15-31(16-14-30)64(44,58)59)23-33-46-18-20-49(33)25-35(53)51(28-38(56)62-42(7,8)9)29-39(57)63-43(10,11)12/h13-20H,21-29H2,1-12H3,(H2,44,58,59). The summed E-state index contributed by atoms with van der Waals surface area (Å²) in [5.74, 6) is -3.31. The molecule has 1 aromatic carbocycles. The molecule has 0 saturated heterocycles. The number of carbonyl (C=O) groups excluding carboxylic acids is 6. The second-order valence-electron chi connectivity index (χ2n) is 19.1. The van der Waals surface area contributed by atoms with Crippen molar-refractivity contribution in [2.45, 2.75) is 143 Å². The van der Waals surface area contributed by atoms with Crippen LogP contribution in [0.1, 0.15) is 100 Å². The van der Waals surface area contributed by atoms with Gasteiger partial charge in [0, 0.05) is 31.3 Å². The highest BCUT2D eigenvalue weighted by atomic mass is 32.2. The van der Waals surface area contributed by atoms with Crippen molar-refractivity contribution in [1.29, 1.82) is 0 Å². The Labute approximate surface area is 375 Å². The van der Waals surface area contributed by atoms with Gasteiger partial charge in [0.2, 0.25) is 21.8 Å². The lowest BCUT2D eigenvalue weighted by Gasteiger charge is -2.27. The maximum atomic E-state index is 13.9. The van der Waals surface area contributed by atoms with Crippen LogP contribution < -0.4 is 5.14 Å². The van der Waals surface area contributed by atoms with E-state index < -0.39 is 94.3 Å². The minimum absolute atomic E-state index is 0.0690. The number of ether oxygens (including phenoxy) is 4. The average Bonchev–Trinajstić information content (AvgIpc) is 3.72. The van der Waals surface area contributed by atoms with Crippen LogP contribution in [-0.2, 0) is 90.5 Å². The summed E-state index contributed by atoms with van der Waals surface area (Å²) in [4.78, 5) is 92.1. The molecule has 0 radical (unpaired) electrons. The zero-order valence-electron chi connectivity index (χ0n) is 39.0. The molecular weight excluding hydrogens is 853 g/mol. The number of carbonyl (C=O) groups is 6. The fraction of sp³-hybridized carbons (Fsp3) is 0.581. The predicted molar refractivity (Wildman–Crippen MR) is 232 cm³/mol. The number of aromatic nitrogens is 4. The molecule has 20 nitrogen and oxygen atoms in total. The molecule has 354 valence electrons. The molecule has 0 aliphatic carbocycles. The summed E-state index contributed by atoms with van der Waals surface area (Å²) in [6, 6.07) is 5.93. The van der Waals surface area contributed by atoms with Gasteiger partial charge in [-0.15, -0.1) is 0 Å². The number of amides is 2. The lowest BCUT2D eigenvalue weighted by Crippen LogP contribution is -2.44. The normalized spacial score (nSPS) is 12.4. The number of imidazole rings is 2. The molecule has 2 aromatic heterocycles. The Morgan fingerprint density at radius 1 is 0.547 bits per heavy atom.